The summed E-state index contributed by atoms with van der Waals surface area (Å²) in [4.78, 5) is 10.8. The summed E-state index contributed by atoms with van der Waals surface area (Å²) >= 11 is 5.57. The Balaban J connectivity index is 2.89. The molecule has 0 saturated carbocycles. The number of aromatic nitrogens is 2. The van der Waals surface area contributed by atoms with Crippen molar-refractivity contribution in [3.63, 3.8) is 0 Å². The van der Waals surface area contributed by atoms with Gasteiger partial charge in [0.15, 0.2) is 5.78 Å². The second kappa shape index (κ2) is 3.83. The molecule has 72 valence electrons. The van der Waals surface area contributed by atoms with E-state index >= 15 is 0 Å². The van der Waals surface area contributed by atoms with E-state index in [2.05, 4.69) is 5.10 Å². The lowest BCUT2D eigenvalue weighted by molar-refractivity contribution is 0.100. The lowest BCUT2D eigenvalue weighted by Crippen LogP contribution is -2.07. The first-order valence-electron chi connectivity index (χ1n) is 3.52. The zero-order valence-electron chi connectivity index (χ0n) is 6.80. The average molecular weight is 209 g/mol. The van der Waals surface area contributed by atoms with E-state index in [1.807, 2.05) is 0 Å². The molecule has 0 N–H and O–H groups in total. The van der Waals surface area contributed by atoms with E-state index in [4.69, 9.17) is 11.6 Å². The zero-order valence-corrected chi connectivity index (χ0v) is 7.55. The molecule has 0 atom stereocenters. The van der Waals surface area contributed by atoms with Crippen LogP contribution in [0, 0.1) is 0 Å². The third-order valence-corrected chi connectivity index (χ3v) is 1.65. The first kappa shape index (κ1) is 10.1. The number of rotatable bonds is 3. The van der Waals surface area contributed by atoms with E-state index in [1.165, 1.54) is 13.1 Å². The molecule has 0 aliphatic heterocycles. The number of hydrogen-bond acceptors (Lipinski definition) is 2. The van der Waals surface area contributed by atoms with Crippen LogP contribution in [0.1, 0.15) is 17.4 Å². The van der Waals surface area contributed by atoms with Gasteiger partial charge in [0.1, 0.15) is 12.2 Å². The molecule has 3 nitrogen and oxygen atoms in total. The molecule has 1 heterocycles. The highest BCUT2D eigenvalue weighted by Gasteiger charge is 2.13. The predicted molar refractivity (Wildman–Crippen MR) is 43.2 cm³/mol. The number of nitrogens with zero attached hydrogens (tertiary/aromatic N) is 2. The molecule has 13 heavy (non-hydrogen) atoms. The van der Waals surface area contributed by atoms with Crippen molar-refractivity contribution in [1.82, 2.24) is 9.78 Å². The third-order valence-electron chi connectivity index (χ3n) is 1.38. The first-order valence-corrected chi connectivity index (χ1v) is 3.90. The molecule has 0 fully saturated rings. The van der Waals surface area contributed by atoms with Crippen molar-refractivity contribution in [2.24, 2.45) is 0 Å². The highest BCUT2D eigenvalue weighted by Crippen LogP contribution is 2.14. The summed E-state index contributed by atoms with van der Waals surface area (Å²) in [5, 5.41) is 3.71. The lowest BCUT2D eigenvalue weighted by atomic mass is 10.3. The zero-order chi connectivity index (χ0) is 10.0. The molecule has 1 rings (SSSR count). The van der Waals surface area contributed by atoms with Crippen LogP contribution in [-0.4, -0.2) is 22.0 Å². The molecule has 0 unspecified atom stereocenters. The molecule has 0 bridgehead atoms. The Kier molecular flexibility index (Phi) is 2.98. The van der Waals surface area contributed by atoms with Crippen molar-refractivity contribution < 1.29 is 13.6 Å². The first-order chi connectivity index (χ1) is 6.00. The van der Waals surface area contributed by atoms with Crippen LogP contribution in [0.4, 0.5) is 8.78 Å². The Hall–Kier alpha value is -0.970. The second-order valence-electron chi connectivity index (χ2n) is 2.49. The Morgan fingerprint density at radius 1 is 1.77 bits per heavy atom. The maximum Gasteiger partial charge on any atom is 0.257 e. The summed E-state index contributed by atoms with van der Waals surface area (Å²) in [6, 6.07) is 0. The van der Waals surface area contributed by atoms with E-state index in [0.717, 1.165) is 4.68 Å². The fourth-order valence-electron chi connectivity index (χ4n) is 0.871. The van der Waals surface area contributed by atoms with Crippen molar-refractivity contribution in [2.45, 2.75) is 19.9 Å². The van der Waals surface area contributed by atoms with Gasteiger partial charge in [-0.05, 0) is 0 Å². The van der Waals surface area contributed by atoms with Crippen LogP contribution in [0.15, 0.2) is 6.20 Å². The molecule has 0 spiro atoms. The minimum Gasteiger partial charge on any atom is -0.293 e. The number of Topliss-reactive ketones (excluding diaryl/α,β-unsaturated/α-hetero) is 1. The van der Waals surface area contributed by atoms with Crippen LogP contribution < -0.4 is 0 Å². The number of alkyl halides is 2. The quantitative estimate of drug-likeness (QED) is 0.713. The maximum atomic E-state index is 11.9. The van der Waals surface area contributed by atoms with Crippen LogP contribution >= 0.6 is 11.6 Å². The van der Waals surface area contributed by atoms with Crippen LogP contribution in [0.25, 0.3) is 0 Å². The van der Waals surface area contributed by atoms with Gasteiger partial charge >= 0.3 is 0 Å². The van der Waals surface area contributed by atoms with E-state index in [0.29, 0.717) is 0 Å². The Morgan fingerprint density at radius 2 is 2.38 bits per heavy atom. The highest BCUT2D eigenvalue weighted by molar-refractivity contribution is 6.33. The molecule has 1 aromatic heterocycles. The molecule has 1 aromatic rings. The van der Waals surface area contributed by atoms with Crippen molar-refractivity contribution in [2.75, 3.05) is 0 Å². The van der Waals surface area contributed by atoms with Crippen molar-refractivity contribution >= 4 is 17.4 Å². The second-order valence-corrected chi connectivity index (χ2v) is 2.90. The van der Waals surface area contributed by atoms with Gasteiger partial charge in [-0.2, -0.15) is 5.10 Å². The number of carbonyl (C=O) groups is 1. The van der Waals surface area contributed by atoms with E-state index < -0.39 is 13.0 Å². The monoisotopic (exact) mass is 208 g/mol. The summed E-state index contributed by atoms with van der Waals surface area (Å²) < 4.78 is 24.7. The molecule has 0 aromatic carbocycles. The molecule has 0 amide bonds. The van der Waals surface area contributed by atoms with Gasteiger partial charge in [-0.1, -0.05) is 11.6 Å². The topological polar surface area (TPSA) is 34.9 Å². The highest BCUT2D eigenvalue weighted by atomic mass is 35.5. The fraction of sp³-hybridized carbons (Fsp3) is 0.429. The minimum absolute atomic E-state index is 0.0299. The minimum atomic E-state index is -2.50. The fourth-order valence-corrected chi connectivity index (χ4v) is 1.15. The summed E-state index contributed by atoms with van der Waals surface area (Å²) in [6.45, 7) is 0.730. The van der Waals surface area contributed by atoms with Gasteiger partial charge in [0.05, 0.1) is 5.02 Å². The van der Waals surface area contributed by atoms with E-state index in [9.17, 15) is 13.6 Å². The van der Waals surface area contributed by atoms with Crippen molar-refractivity contribution in [3.8, 4) is 0 Å². The van der Waals surface area contributed by atoms with Crippen molar-refractivity contribution in [3.05, 3.63) is 16.9 Å². The molecule has 6 heteroatoms. The van der Waals surface area contributed by atoms with E-state index in [-0.39, 0.29) is 16.5 Å². The third kappa shape index (κ3) is 2.48. The summed E-state index contributed by atoms with van der Waals surface area (Å²) in [6.07, 6.45) is -1.29. The molecule has 0 aliphatic rings. The normalized spacial score (nSPS) is 10.8. The van der Waals surface area contributed by atoms with Crippen molar-refractivity contribution in [1.29, 1.82) is 0 Å². The van der Waals surface area contributed by atoms with Gasteiger partial charge in [-0.25, -0.2) is 8.78 Å². The SMILES string of the molecule is CC(=O)c1nn(CC(F)F)cc1Cl. The van der Waals surface area contributed by atoms with Gasteiger partial charge in [0.25, 0.3) is 6.43 Å². The average Bonchev–Trinajstić information content (AvgIpc) is 2.29. The Bertz CT molecular complexity index is 324. The standard InChI is InChI=1S/C7H7ClF2N2O/c1-4(13)7-5(8)2-12(11-7)3-6(9)10/h2,6H,3H2,1H3. The molecule has 0 radical (unpaired) electrons. The van der Waals surface area contributed by atoms with Gasteiger partial charge in [-0.15, -0.1) is 0 Å². The lowest BCUT2D eigenvalue weighted by Gasteiger charge is -1.97. The van der Waals surface area contributed by atoms with Gasteiger partial charge in [0.2, 0.25) is 0 Å². The van der Waals surface area contributed by atoms with Gasteiger partial charge in [-0.3, -0.25) is 9.48 Å². The largest absolute Gasteiger partial charge is 0.293 e. The maximum absolute atomic E-state index is 11.9. The molecule has 0 aliphatic carbocycles. The van der Waals surface area contributed by atoms with Crippen LogP contribution in [0.5, 0.6) is 0 Å². The molecular weight excluding hydrogens is 202 g/mol. The van der Waals surface area contributed by atoms with Crippen LogP contribution in [-0.2, 0) is 6.54 Å². The number of hydrogen-bond donors (Lipinski definition) is 0. The predicted octanol–water partition coefficient (Wildman–Crippen LogP) is 2.00. The number of carbonyl (C=O) groups excluding carboxylic acids is 1. The summed E-state index contributed by atoms with van der Waals surface area (Å²) in [7, 11) is 0. The van der Waals surface area contributed by atoms with Crippen LogP contribution in [0.2, 0.25) is 5.02 Å². The Morgan fingerprint density at radius 3 is 2.77 bits per heavy atom. The van der Waals surface area contributed by atoms with E-state index in [1.54, 1.807) is 0 Å². The molecular formula is C7H7ClF2N2O. The summed E-state index contributed by atoms with van der Waals surface area (Å²) in [5.41, 5.74) is 0.0299. The number of ketones is 1. The molecule has 0 saturated heterocycles. The number of halogens is 3. The smallest absolute Gasteiger partial charge is 0.257 e. The Labute approximate surface area is 78.3 Å². The van der Waals surface area contributed by atoms with Crippen LogP contribution in [0.3, 0.4) is 0 Å². The summed E-state index contributed by atoms with van der Waals surface area (Å²) in [5.74, 6) is -0.335. The van der Waals surface area contributed by atoms with Gasteiger partial charge < -0.3 is 0 Å². The van der Waals surface area contributed by atoms with Gasteiger partial charge in [0, 0.05) is 13.1 Å².